The maximum absolute atomic E-state index is 12.4. The molecule has 0 aliphatic carbocycles. The number of hydrogen-bond donors (Lipinski definition) is 2. The molecule has 0 saturated carbocycles. The molecule has 1 aromatic carbocycles. The fraction of sp³-hybridized carbons (Fsp3) is 0.231. The van der Waals surface area contributed by atoms with Crippen molar-refractivity contribution in [2.45, 2.75) is 6.18 Å². The summed E-state index contributed by atoms with van der Waals surface area (Å²) >= 11 is 0. The molecule has 2 rings (SSSR count). The Morgan fingerprint density at radius 2 is 1.87 bits per heavy atom. The number of aromatic nitrogens is 2. The van der Waals surface area contributed by atoms with Crippen LogP contribution in [0.15, 0.2) is 28.8 Å². The first kappa shape index (κ1) is 16.6. The minimum Gasteiger partial charge on any atom is -0.348 e. The Labute approximate surface area is 127 Å². The number of halogens is 3. The SMILES string of the molecule is NCCNC(=O)C(=O)c1ccc(-c2noc(C(F)(F)F)n2)cc1. The van der Waals surface area contributed by atoms with Gasteiger partial charge in [0.25, 0.3) is 5.91 Å². The molecule has 1 heterocycles. The van der Waals surface area contributed by atoms with E-state index in [1.165, 1.54) is 24.3 Å². The Hall–Kier alpha value is -2.75. The highest BCUT2D eigenvalue weighted by atomic mass is 19.4. The van der Waals surface area contributed by atoms with E-state index >= 15 is 0 Å². The molecule has 10 heteroatoms. The summed E-state index contributed by atoms with van der Waals surface area (Å²) in [4.78, 5) is 26.5. The Bertz CT molecular complexity index is 710. The molecular weight excluding hydrogens is 317 g/mol. The van der Waals surface area contributed by atoms with Gasteiger partial charge in [-0.05, 0) is 0 Å². The van der Waals surface area contributed by atoms with Gasteiger partial charge in [0.15, 0.2) is 0 Å². The smallest absolute Gasteiger partial charge is 0.348 e. The van der Waals surface area contributed by atoms with Crippen molar-refractivity contribution in [3.63, 3.8) is 0 Å². The first-order chi connectivity index (χ1) is 10.8. The van der Waals surface area contributed by atoms with Crippen LogP contribution in [0.3, 0.4) is 0 Å². The molecule has 23 heavy (non-hydrogen) atoms. The number of amides is 1. The van der Waals surface area contributed by atoms with E-state index in [-0.39, 0.29) is 30.0 Å². The zero-order chi connectivity index (χ0) is 17.0. The van der Waals surface area contributed by atoms with Crippen molar-refractivity contribution in [1.29, 1.82) is 0 Å². The highest BCUT2D eigenvalue weighted by Crippen LogP contribution is 2.29. The molecule has 3 N–H and O–H groups in total. The number of ketones is 1. The monoisotopic (exact) mass is 328 g/mol. The number of nitrogens with zero attached hydrogens (tertiary/aromatic N) is 2. The first-order valence-corrected chi connectivity index (χ1v) is 6.37. The lowest BCUT2D eigenvalue weighted by atomic mass is 10.1. The molecule has 1 amide bonds. The highest BCUT2D eigenvalue weighted by Gasteiger charge is 2.38. The molecule has 0 radical (unpaired) electrons. The number of carbonyl (C=O) groups excluding carboxylic acids is 2. The van der Waals surface area contributed by atoms with Crippen LogP contribution >= 0.6 is 0 Å². The van der Waals surface area contributed by atoms with Gasteiger partial charge in [-0.15, -0.1) is 0 Å². The standard InChI is InChI=1S/C13H11F3N4O3/c14-13(15,16)12-19-10(20-23-12)8-3-1-7(2-4-8)9(21)11(22)18-6-5-17/h1-4H,5-6,17H2,(H,18,22). The van der Waals surface area contributed by atoms with Crippen LogP contribution in [0, 0.1) is 0 Å². The van der Waals surface area contributed by atoms with E-state index in [1.807, 2.05) is 0 Å². The fourth-order valence-corrected chi connectivity index (χ4v) is 1.62. The number of rotatable bonds is 5. The number of Topliss-reactive ketones (excluding diaryl/α,β-unsaturated/α-hetero) is 1. The minimum atomic E-state index is -4.73. The molecule has 0 atom stereocenters. The second kappa shape index (κ2) is 6.57. The van der Waals surface area contributed by atoms with E-state index in [0.29, 0.717) is 0 Å². The van der Waals surface area contributed by atoms with Gasteiger partial charge in [-0.25, -0.2) is 0 Å². The lowest BCUT2D eigenvalue weighted by molar-refractivity contribution is -0.159. The Balaban J connectivity index is 2.15. The van der Waals surface area contributed by atoms with Crippen molar-refractivity contribution in [1.82, 2.24) is 15.5 Å². The summed E-state index contributed by atoms with van der Waals surface area (Å²) in [5.74, 6) is -3.34. The highest BCUT2D eigenvalue weighted by molar-refractivity contribution is 6.42. The van der Waals surface area contributed by atoms with Gasteiger partial charge in [0.05, 0.1) is 0 Å². The zero-order valence-electron chi connectivity index (χ0n) is 11.6. The fourth-order valence-electron chi connectivity index (χ4n) is 1.62. The third-order valence-corrected chi connectivity index (χ3v) is 2.71. The maximum Gasteiger partial charge on any atom is 0.471 e. The largest absolute Gasteiger partial charge is 0.471 e. The molecule has 122 valence electrons. The van der Waals surface area contributed by atoms with Gasteiger partial charge in [-0.3, -0.25) is 9.59 Å². The number of hydrogen-bond acceptors (Lipinski definition) is 6. The van der Waals surface area contributed by atoms with Gasteiger partial charge in [-0.2, -0.15) is 18.2 Å². The number of carbonyl (C=O) groups is 2. The normalized spacial score (nSPS) is 11.3. The van der Waals surface area contributed by atoms with Crippen LogP contribution in [0.4, 0.5) is 13.2 Å². The van der Waals surface area contributed by atoms with Crippen molar-refractivity contribution >= 4 is 11.7 Å². The predicted octanol–water partition coefficient (Wildman–Crippen LogP) is 1.01. The molecule has 1 aromatic heterocycles. The van der Waals surface area contributed by atoms with Gasteiger partial charge in [0.1, 0.15) is 0 Å². The van der Waals surface area contributed by atoms with Crippen molar-refractivity contribution in [2.75, 3.05) is 13.1 Å². The summed E-state index contributed by atoms with van der Waals surface area (Å²) in [5.41, 5.74) is 5.49. The van der Waals surface area contributed by atoms with E-state index in [0.717, 1.165) is 0 Å². The van der Waals surface area contributed by atoms with Crippen molar-refractivity contribution in [3.05, 3.63) is 35.7 Å². The summed E-state index contributed by atoms with van der Waals surface area (Å²) in [6.45, 7) is 0.350. The molecule has 0 unspecified atom stereocenters. The van der Waals surface area contributed by atoms with Crippen LogP contribution in [0.1, 0.15) is 16.2 Å². The topological polar surface area (TPSA) is 111 Å². The van der Waals surface area contributed by atoms with E-state index in [4.69, 9.17) is 5.73 Å². The van der Waals surface area contributed by atoms with Crippen LogP contribution in [0.2, 0.25) is 0 Å². The molecule has 0 aliphatic heterocycles. The zero-order valence-corrected chi connectivity index (χ0v) is 11.6. The summed E-state index contributed by atoms with van der Waals surface area (Å²) in [5, 5.41) is 5.54. The van der Waals surface area contributed by atoms with Crippen molar-refractivity contribution in [3.8, 4) is 11.4 Å². The van der Waals surface area contributed by atoms with E-state index in [1.54, 1.807) is 0 Å². The third kappa shape index (κ3) is 3.92. The molecule has 0 spiro atoms. The molecule has 7 nitrogen and oxygen atoms in total. The summed E-state index contributed by atoms with van der Waals surface area (Å²) in [6, 6.07) is 5.19. The lowest BCUT2D eigenvalue weighted by Gasteiger charge is -2.03. The quantitative estimate of drug-likeness (QED) is 0.626. The second-order valence-corrected chi connectivity index (χ2v) is 4.37. The van der Waals surface area contributed by atoms with E-state index < -0.39 is 23.8 Å². The summed E-state index contributed by atoms with van der Waals surface area (Å²) in [6.07, 6.45) is -4.73. The van der Waals surface area contributed by atoms with Crippen molar-refractivity contribution in [2.24, 2.45) is 5.73 Å². The predicted molar refractivity (Wildman–Crippen MR) is 71.1 cm³/mol. The minimum absolute atomic E-state index is 0.0720. The van der Waals surface area contributed by atoms with Crippen LogP contribution < -0.4 is 11.1 Å². The van der Waals surface area contributed by atoms with E-state index in [9.17, 15) is 22.8 Å². The summed E-state index contributed by atoms with van der Waals surface area (Å²) < 4.78 is 41.3. The number of nitrogens with two attached hydrogens (primary N) is 1. The van der Waals surface area contributed by atoms with Crippen LogP contribution in [-0.4, -0.2) is 34.9 Å². The van der Waals surface area contributed by atoms with Gasteiger partial charge < -0.3 is 15.6 Å². The second-order valence-electron chi connectivity index (χ2n) is 4.37. The van der Waals surface area contributed by atoms with Crippen LogP contribution in [0.25, 0.3) is 11.4 Å². The molecule has 0 aliphatic rings. The maximum atomic E-state index is 12.4. The lowest BCUT2D eigenvalue weighted by Crippen LogP contribution is -2.34. The molecule has 0 bridgehead atoms. The molecule has 0 fully saturated rings. The van der Waals surface area contributed by atoms with Crippen LogP contribution in [0.5, 0.6) is 0 Å². The van der Waals surface area contributed by atoms with Gasteiger partial charge in [0, 0.05) is 24.2 Å². The first-order valence-electron chi connectivity index (χ1n) is 6.37. The molecule has 0 saturated heterocycles. The Morgan fingerprint density at radius 3 is 2.39 bits per heavy atom. The number of alkyl halides is 3. The van der Waals surface area contributed by atoms with E-state index in [2.05, 4.69) is 20.0 Å². The summed E-state index contributed by atoms with van der Waals surface area (Å²) in [7, 11) is 0. The Morgan fingerprint density at radius 1 is 1.22 bits per heavy atom. The Kier molecular flexibility index (Phi) is 4.74. The third-order valence-electron chi connectivity index (χ3n) is 2.71. The van der Waals surface area contributed by atoms with Gasteiger partial charge in [-0.1, -0.05) is 29.4 Å². The van der Waals surface area contributed by atoms with Crippen molar-refractivity contribution < 1.29 is 27.3 Å². The van der Waals surface area contributed by atoms with Crippen LogP contribution in [-0.2, 0) is 11.0 Å². The van der Waals surface area contributed by atoms with Gasteiger partial charge >= 0.3 is 12.1 Å². The number of nitrogens with one attached hydrogen (secondary N) is 1. The van der Waals surface area contributed by atoms with Gasteiger partial charge in [0.2, 0.25) is 11.6 Å². The molecule has 2 aromatic rings. The molecular formula is C13H11F3N4O3. The number of benzene rings is 1. The average Bonchev–Trinajstić information content (AvgIpc) is 3.02. The average molecular weight is 328 g/mol.